The molecule has 328 valence electrons. The molecule has 0 amide bonds. The van der Waals surface area contributed by atoms with Crippen molar-refractivity contribution in [2.45, 2.75) is 0 Å². The minimum Gasteiger partial charge on any atom is -0.135 e. The summed E-state index contributed by atoms with van der Waals surface area (Å²) in [6, 6.07) is 83.7. The Labute approximate surface area is 420 Å². The molecule has 0 saturated heterocycles. The minimum absolute atomic E-state index is 1.27. The molecule has 0 aliphatic heterocycles. The zero-order valence-electron chi connectivity index (χ0n) is 38.6. The molecule has 0 bridgehead atoms. The second-order valence-corrected chi connectivity index (χ2v) is 22.2. The molecule has 2 heterocycles. The van der Waals surface area contributed by atoms with E-state index in [9.17, 15) is 0 Å². The second-order valence-electron chi connectivity index (χ2n) is 20.1. The number of hydrogen-bond acceptors (Lipinski definition) is 2. The van der Waals surface area contributed by atoms with Crippen LogP contribution >= 0.6 is 22.7 Å². The van der Waals surface area contributed by atoms with Crippen LogP contribution in [0.1, 0.15) is 0 Å². The third-order valence-corrected chi connectivity index (χ3v) is 19.1. The van der Waals surface area contributed by atoms with Crippen LogP contribution in [-0.2, 0) is 0 Å². The van der Waals surface area contributed by atoms with Gasteiger partial charge in [-0.05, 0) is 162 Å². The summed E-state index contributed by atoms with van der Waals surface area (Å²) in [6.07, 6.45) is 0. The van der Waals surface area contributed by atoms with E-state index in [-0.39, 0.29) is 0 Å². The number of hydrogen-bond donors (Lipinski definition) is 0. The Balaban J connectivity index is 1.06. The van der Waals surface area contributed by atoms with Gasteiger partial charge in [-0.2, -0.15) is 0 Å². The van der Waals surface area contributed by atoms with E-state index in [4.69, 9.17) is 0 Å². The fourth-order valence-corrected chi connectivity index (χ4v) is 16.2. The summed E-state index contributed by atoms with van der Waals surface area (Å²) in [4.78, 5) is 0. The van der Waals surface area contributed by atoms with E-state index in [1.807, 2.05) is 22.7 Å². The third kappa shape index (κ3) is 4.73. The summed E-state index contributed by atoms with van der Waals surface area (Å²) in [6.45, 7) is 0. The van der Waals surface area contributed by atoms with Gasteiger partial charge >= 0.3 is 0 Å². The fraction of sp³-hybridized carbons (Fsp3) is 0. The van der Waals surface area contributed by atoms with Gasteiger partial charge in [-0.25, -0.2) is 0 Å². The van der Waals surface area contributed by atoms with Gasteiger partial charge in [-0.15, -0.1) is 22.7 Å². The Morgan fingerprint density at radius 3 is 1.32 bits per heavy atom. The monoisotopic (exact) mass is 940 g/mol. The van der Waals surface area contributed by atoms with Gasteiger partial charge in [0.25, 0.3) is 0 Å². The van der Waals surface area contributed by atoms with E-state index in [0.717, 1.165) is 0 Å². The highest BCUT2D eigenvalue weighted by molar-refractivity contribution is 7.26. The van der Waals surface area contributed by atoms with Gasteiger partial charge in [0.05, 0.1) is 0 Å². The lowest BCUT2D eigenvalue weighted by atomic mass is 9.80. The topological polar surface area (TPSA) is 0 Å². The van der Waals surface area contributed by atoms with Gasteiger partial charge < -0.3 is 0 Å². The van der Waals surface area contributed by atoms with Crippen LogP contribution < -0.4 is 0 Å². The van der Waals surface area contributed by atoms with E-state index < -0.39 is 0 Å². The zero-order valence-corrected chi connectivity index (χ0v) is 40.2. The van der Waals surface area contributed by atoms with Crippen molar-refractivity contribution in [2.24, 2.45) is 0 Å². The standard InChI is InChI=1S/C70H36S2/c1-3-15-40-37(13-1)34-58-57-36-55-39(33-56(57)47-21-9-19-45(40)62(47)58)29-30-48-42(55)31-32-52-64(48)67(54-26-12-23-50-44-18-6-8-28-61(44)72-70(50)54)66-51-24-10-20-46-41-16-4-2-14-38(41)35-59(63(46)51)68(66)65(52)53-25-11-22-49-43-17-5-7-27-60(43)71-69(49)53/h1-36H. The van der Waals surface area contributed by atoms with Crippen LogP contribution in [0.25, 0.3) is 183 Å². The smallest absolute Gasteiger partial charge is 0.0434 e. The summed E-state index contributed by atoms with van der Waals surface area (Å²) < 4.78 is 5.31. The van der Waals surface area contributed by atoms with Gasteiger partial charge in [0.15, 0.2) is 0 Å². The normalized spacial score (nSPS) is 12.7. The minimum atomic E-state index is 1.27. The highest BCUT2D eigenvalue weighted by atomic mass is 32.1. The molecule has 72 heavy (non-hydrogen) atoms. The Morgan fingerprint density at radius 1 is 0.194 bits per heavy atom. The van der Waals surface area contributed by atoms with Crippen molar-refractivity contribution in [3.8, 4) is 66.8 Å². The molecule has 2 aliphatic rings. The molecule has 14 aromatic carbocycles. The summed E-state index contributed by atoms with van der Waals surface area (Å²) in [5.74, 6) is 0. The molecule has 0 fully saturated rings. The first-order valence-electron chi connectivity index (χ1n) is 25.0. The van der Waals surface area contributed by atoms with Gasteiger partial charge in [0.1, 0.15) is 0 Å². The van der Waals surface area contributed by atoms with Gasteiger partial charge in [-0.3, -0.25) is 0 Å². The second kappa shape index (κ2) is 13.6. The van der Waals surface area contributed by atoms with Crippen molar-refractivity contribution in [1.82, 2.24) is 0 Å². The molecule has 2 aliphatic carbocycles. The molecule has 0 spiro atoms. The lowest BCUT2D eigenvalue weighted by Crippen LogP contribution is -1.95. The number of benzene rings is 14. The summed E-state index contributed by atoms with van der Waals surface area (Å²) in [5.41, 5.74) is 15.9. The quantitative estimate of drug-likeness (QED) is 0.152. The highest BCUT2D eigenvalue weighted by Gasteiger charge is 2.34. The van der Waals surface area contributed by atoms with E-state index >= 15 is 0 Å². The van der Waals surface area contributed by atoms with Gasteiger partial charge in [0.2, 0.25) is 0 Å². The Hall–Kier alpha value is -8.66. The van der Waals surface area contributed by atoms with Crippen molar-refractivity contribution >= 4 is 138 Å². The maximum atomic E-state index is 2.53. The molecule has 0 nitrogen and oxygen atoms in total. The summed E-state index contributed by atoms with van der Waals surface area (Å²) in [7, 11) is 0. The average Bonchev–Trinajstić information content (AvgIpc) is 4.19. The summed E-state index contributed by atoms with van der Waals surface area (Å²) in [5, 5.41) is 23.5. The molecule has 0 radical (unpaired) electrons. The van der Waals surface area contributed by atoms with E-state index in [1.54, 1.807) is 0 Å². The number of rotatable bonds is 2. The molecule has 0 N–H and O–H groups in total. The predicted molar refractivity (Wildman–Crippen MR) is 314 cm³/mol. The van der Waals surface area contributed by atoms with Crippen LogP contribution in [0, 0.1) is 0 Å². The lowest BCUT2D eigenvalue weighted by molar-refractivity contribution is 1.69. The first kappa shape index (κ1) is 38.1. The molecule has 16 aromatic rings. The average molecular weight is 941 g/mol. The molecular weight excluding hydrogens is 905 g/mol. The van der Waals surface area contributed by atoms with Crippen molar-refractivity contribution in [2.75, 3.05) is 0 Å². The molecule has 0 atom stereocenters. The number of fused-ring (bicyclic) bond motifs is 21. The maximum absolute atomic E-state index is 2.53. The Morgan fingerprint density at radius 2 is 0.639 bits per heavy atom. The van der Waals surface area contributed by atoms with Crippen molar-refractivity contribution < 1.29 is 0 Å². The van der Waals surface area contributed by atoms with Crippen molar-refractivity contribution in [3.63, 3.8) is 0 Å². The molecule has 0 unspecified atom stereocenters. The third-order valence-electron chi connectivity index (χ3n) is 16.7. The highest BCUT2D eigenvalue weighted by Crippen LogP contribution is 2.62. The van der Waals surface area contributed by atoms with E-state index in [0.29, 0.717) is 0 Å². The molecular formula is C70H36S2. The van der Waals surface area contributed by atoms with Crippen LogP contribution in [0.5, 0.6) is 0 Å². The van der Waals surface area contributed by atoms with Crippen LogP contribution in [0.4, 0.5) is 0 Å². The van der Waals surface area contributed by atoms with Crippen molar-refractivity contribution in [3.05, 3.63) is 218 Å². The summed E-state index contributed by atoms with van der Waals surface area (Å²) >= 11 is 3.87. The number of thiophene rings is 2. The van der Waals surface area contributed by atoms with Gasteiger partial charge in [-0.1, -0.05) is 182 Å². The first-order chi connectivity index (χ1) is 35.7. The van der Waals surface area contributed by atoms with E-state index in [2.05, 4.69) is 218 Å². The van der Waals surface area contributed by atoms with Crippen molar-refractivity contribution in [1.29, 1.82) is 0 Å². The lowest BCUT2D eigenvalue weighted by Gasteiger charge is -2.23. The molecule has 2 aromatic heterocycles. The van der Waals surface area contributed by atoms with Gasteiger partial charge in [0, 0.05) is 57.0 Å². The molecule has 2 heteroatoms. The SMILES string of the molecule is c1ccc2c(c1)cc1c3c(cccc32)-c2cc3ccc4c(ccc5c(-c6cccc7c6sc6ccccc67)c6c(c(-c7cccc8c7sc7ccccc78)c54)-c4cccc5c4c-6cc4ccccc45)c3cc2-1. The Bertz CT molecular complexity index is 5220. The zero-order chi connectivity index (χ0) is 46.5. The fourth-order valence-electron chi connectivity index (χ4n) is 13.8. The first-order valence-corrected chi connectivity index (χ1v) is 26.6. The molecule has 0 saturated carbocycles. The Kier molecular flexibility index (Phi) is 7.20. The van der Waals surface area contributed by atoms with Crippen LogP contribution in [0.2, 0.25) is 0 Å². The maximum Gasteiger partial charge on any atom is 0.0434 e. The van der Waals surface area contributed by atoms with E-state index in [1.165, 1.54) is 183 Å². The molecule has 18 rings (SSSR count). The van der Waals surface area contributed by atoms with Crippen LogP contribution in [-0.4, -0.2) is 0 Å². The largest absolute Gasteiger partial charge is 0.135 e. The van der Waals surface area contributed by atoms with Crippen LogP contribution in [0.3, 0.4) is 0 Å². The predicted octanol–water partition coefficient (Wildman–Crippen LogP) is 21.1. The van der Waals surface area contributed by atoms with Crippen LogP contribution in [0.15, 0.2) is 218 Å².